The standard InChI is InChI=1S/C16H17FN2O2/c1-10-3-5-12(17)8-14(10)21-9-11-4-6-13(16(18)19)15(7-11)20-2/h3-8H,9H2,1-2H3,(H3,18,19). The smallest absolute Gasteiger partial charge is 0.130 e. The van der Waals surface area contributed by atoms with Crippen LogP contribution >= 0.6 is 0 Å². The molecule has 110 valence electrons. The van der Waals surface area contributed by atoms with Crippen LogP contribution in [0.25, 0.3) is 0 Å². The van der Waals surface area contributed by atoms with Gasteiger partial charge in [0.1, 0.15) is 29.8 Å². The van der Waals surface area contributed by atoms with Gasteiger partial charge in [-0.05, 0) is 36.2 Å². The normalized spacial score (nSPS) is 10.2. The number of halogens is 1. The maximum Gasteiger partial charge on any atom is 0.130 e. The van der Waals surface area contributed by atoms with Gasteiger partial charge in [0.05, 0.1) is 12.7 Å². The molecule has 0 radical (unpaired) electrons. The number of nitrogens with one attached hydrogen (secondary N) is 1. The van der Waals surface area contributed by atoms with Crippen molar-refractivity contribution in [1.29, 1.82) is 5.41 Å². The van der Waals surface area contributed by atoms with Gasteiger partial charge in [-0.15, -0.1) is 0 Å². The van der Waals surface area contributed by atoms with Crippen molar-refractivity contribution in [3.8, 4) is 11.5 Å². The van der Waals surface area contributed by atoms with Gasteiger partial charge >= 0.3 is 0 Å². The van der Waals surface area contributed by atoms with Gasteiger partial charge in [0, 0.05) is 6.07 Å². The number of nitrogens with two attached hydrogens (primary N) is 1. The first kappa shape index (κ1) is 14.8. The zero-order chi connectivity index (χ0) is 15.4. The minimum Gasteiger partial charge on any atom is -0.496 e. The van der Waals surface area contributed by atoms with Crippen LogP contribution < -0.4 is 15.2 Å². The first-order chi connectivity index (χ1) is 10.0. The Hall–Kier alpha value is -2.56. The maximum atomic E-state index is 13.2. The molecule has 21 heavy (non-hydrogen) atoms. The average molecular weight is 288 g/mol. The van der Waals surface area contributed by atoms with Crippen molar-refractivity contribution in [3.63, 3.8) is 0 Å². The molecule has 0 saturated carbocycles. The average Bonchev–Trinajstić information content (AvgIpc) is 2.47. The summed E-state index contributed by atoms with van der Waals surface area (Å²) in [7, 11) is 1.52. The number of benzene rings is 2. The molecule has 0 aliphatic heterocycles. The summed E-state index contributed by atoms with van der Waals surface area (Å²) in [5.41, 5.74) is 7.72. The lowest BCUT2D eigenvalue weighted by molar-refractivity contribution is 0.301. The maximum absolute atomic E-state index is 13.2. The SMILES string of the molecule is COc1cc(COc2cc(F)ccc2C)ccc1C(=N)N. The van der Waals surface area contributed by atoms with Gasteiger partial charge in [-0.25, -0.2) is 4.39 Å². The van der Waals surface area contributed by atoms with Crippen LogP contribution in [0.2, 0.25) is 0 Å². The molecule has 0 unspecified atom stereocenters. The molecule has 0 fully saturated rings. The molecule has 0 amide bonds. The van der Waals surface area contributed by atoms with E-state index in [9.17, 15) is 4.39 Å². The Morgan fingerprint density at radius 2 is 1.95 bits per heavy atom. The molecule has 2 aromatic rings. The van der Waals surface area contributed by atoms with E-state index in [4.69, 9.17) is 20.6 Å². The minimum atomic E-state index is -0.333. The Bertz CT molecular complexity index is 671. The highest BCUT2D eigenvalue weighted by molar-refractivity contribution is 5.97. The van der Waals surface area contributed by atoms with E-state index in [2.05, 4.69) is 0 Å². The van der Waals surface area contributed by atoms with E-state index in [0.717, 1.165) is 11.1 Å². The fraction of sp³-hybridized carbons (Fsp3) is 0.188. The Balaban J connectivity index is 2.17. The summed E-state index contributed by atoms with van der Waals surface area (Å²) in [6.07, 6.45) is 0. The molecular weight excluding hydrogens is 271 g/mol. The molecule has 3 N–H and O–H groups in total. The quantitative estimate of drug-likeness (QED) is 0.656. The molecule has 0 aliphatic rings. The summed E-state index contributed by atoms with van der Waals surface area (Å²) in [5, 5.41) is 7.46. The van der Waals surface area contributed by atoms with Crippen LogP contribution in [0, 0.1) is 18.2 Å². The molecule has 0 aliphatic carbocycles. The first-order valence-corrected chi connectivity index (χ1v) is 6.41. The summed E-state index contributed by atoms with van der Waals surface area (Å²) in [6.45, 7) is 2.13. The van der Waals surface area contributed by atoms with Gasteiger partial charge in [-0.1, -0.05) is 12.1 Å². The fourth-order valence-corrected chi connectivity index (χ4v) is 1.94. The van der Waals surface area contributed by atoms with Crippen molar-refractivity contribution in [2.24, 2.45) is 5.73 Å². The van der Waals surface area contributed by atoms with E-state index in [1.165, 1.54) is 19.2 Å². The zero-order valence-electron chi connectivity index (χ0n) is 11.9. The predicted octanol–water partition coefficient (Wildman–Crippen LogP) is 3.01. The van der Waals surface area contributed by atoms with Crippen molar-refractivity contribution in [2.45, 2.75) is 13.5 Å². The molecule has 0 saturated heterocycles. The van der Waals surface area contributed by atoms with Gasteiger partial charge in [0.15, 0.2) is 0 Å². The highest BCUT2D eigenvalue weighted by Crippen LogP contribution is 2.23. The summed E-state index contributed by atoms with van der Waals surface area (Å²) >= 11 is 0. The second kappa shape index (κ2) is 6.26. The lowest BCUT2D eigenvalue weighted by Crippen LogP contribution is -2.12. The molecule has 2 rings (SSSR count). The van der Waals surface area contributed by atoms with E-state index >= 15 is 0 Å². The third kappa shape index (κ3) is 3.51. The van der Waals surface area contributed by atoms with E-state index in [1.54, 1.807) is 24.3 Å². The molecule has 2 aromatic carbocycles. The predicted molar refractivity (Wildman–Crippen MR) is 79.5 cm³/mol. The number of hydrogen-bond donors (Lipinski definition) is 2. The van der Waals surface area contributed by atoms with Gasteiger partial charge in [0.2, 0.25) is 0 Å². The molecule has 0 spiro atoms. The van der Waals surface area contributed by atoms with Crippen molar-refractivity contribution in [1.82, 2.24) is 0 Å². The van der Waals surface area contributed by atoms with E-state index in [-0.39, 0.29) is 18.3 Å². The molecule has 0 heterocycles. The Morgan fingerprint density at radius 1 is 1.19 bits per heavy atom. The zero-order valence-corrected chi connectivity index (χ0v) is 11.9. The van der Waals surface area contributed by atoms with Crippen molar-refractivity contribution in [3.05, 3.63) is 58.9 Å². The summed E-state index contributed by atoms with van der Waals surface area (Å²) in [6, 6.07) is 9.69. The molecule has 5 heteroatoms. The van der Waals surface area contributed by atoms with Crippen molar-refractivity contribution >= 4 is 5.84 Å². The lowest BCUT2D eigenvalue weighted by atomic mass is 10.1. The van der Waals surface area contributed by atoms with Crippen LogP contribution in [0.5, 0.6) is 11.5 Å². The van der Waals surface area contributed by atoms with Crippen LogP contribution in [0.15, 0.2) is 36.4 Å². The van der Waals surface area contributed by atoms with Crippen LogP contribution in [0.4, 0.5) is 4.39 Å². The molecular formula is C16H17FN2O2. The number of aryl methyl sites for hydroxylation is 1. The first-order valence-electron chi connectivity index (χ1n) is 6.41. The van der Waals surface area contributed by atoms with E-state index in [1.807, 2.05) is 6.92 Å². The second-order valence-corrected chi connectivity index (χ2v) is 4.65. The monoisotopic (exact) mass is 288 g/mol. The summed E-state index contributed by atoms with van der Waals surface area (Å²) in [4.78, 5) is 0. The molecule has 0 atom stereocenters. The largest absolute Gasteiger partial charge is 0.496 e. The van der Waals surface area contributed by atoms with Gasteiger partial charge in [-0.2, -0.15) is 0 Å². The number of rotatable bonds is 5. The topological polar surface area (TPSA) is 68.3 Å². The van der Waals surface area contributed by atoms with Gasteiger partial charge in [0.25, 0.3) is 0 Å². The minimum absolute atomic E-state index is 0.0553. The van der Waals surface area contributed by atoms with Crippen LogP contribution in [-0.4, -0.2) is 12.9 Å². The number of nitrogen functional groups attached to an aromatic ring is 1. The van der Waals surface area contributed by atoms with Gasteiger partial charge in [-0.3, -0.25) is 5.41 Å². The highest BCUT2D eigenvalue weighted by Gasteiger charge is 2.08. The third-order valence-corrected chi connectivity index (χ3v) is 3.10. The third-order valence-electron chi connectivity index (χ3n) is 3.10. The van der Waals surface area contributed by atoms with Crippen LogP contribution in [0.1, 0.15) is 16.7 Å². The second-order valence-electron chi connectivity index (χ2n) is 4.65. The van der Waals surface area contributed by atoms with Crippen molar-refractivity contribution < 1.29 is 13.9 Å². The van der Waals surface area contributed by atoms with Crippen molar-refractivity contribution in [2.75, 3.05) is 7.11 Å². The number of amidine groups is 1. The number of methoxy groups -OCH3 is 1. The van der Waals surface area contributed by atoms with Crippen LogP contribution in [-0.2, 0) is 6.61 Å². The van der Waals surface area contributed by atoms with Crippen LogP contribution in [0.3, 0.4) is 0 Å². The summed E-state index contributed by atoms with van der Waals surface area (Å²) in [5.74, 6) is 0.629. The van der Waals surface area contributed by atoms with Gasteiger partial charge < -0.3 is 15.2 Å². The Kier molecular flexibility index (Phi) is 4.42. The molecule has 0 aromatic heterocycles. The fourth-order valence-electron chi connectivity index (χ4n) is 1.94. The Morgan fingerprint density at radius 3 is 2.62 bits per heavy atom. The Labute approximate surface area is 122 Å². The number of hydrogen-bond acceptors (Lipinski definition) is 3. The van der Waals surface area contributed by atoms with E-state index < -0.39 is 0 Å². The summed E-state index contributed by atoms with van der Waals surface area (Å²) < 4.78 is 24.0. The molecule has 4 nitrogen and oxygen atoms in total. The van der Waals surface area contributed by atoms with E-state index in [0.29, 0.717) is 17.1 Å². The number of ether oxygens (including phenoxy) is 2. The highest BCUT2D eigenvalue weighted by atomic mass is 19.1. The molecule has 0 bridgehead atoms. The lowest BCUT2D eigenvalue weighted by Gasteiger charge is -2.12.